The molecule has 1 heterocycles. The number of hydrogen-bond acceptors (Lipinski definition) is 4. The summed E-state index contributed by atoms with van der Waals surface area (Å²) in [7, 11) is 0. The van der Waals surface area contributed by atoms with Crippen LogP contribution in [0.2, 0.25) is 0 Å². The van der Waals surface area contributed by atoms with Crippen molar-refractivity contribution in [1.82, 2.24) is 10.3 Å². The normalized spacial score (nSPS) is 13.6. The summed E-state index contributed by atoms with van der Waals surface area (Å²) in [5.41, 5.74) is 7.06. The van der Waals surface area contributed by atoms with Gasteiger partial charge in [0.15, 0.2) is 5.69 Å². The fourth-order valence-corrected chi connectivity index (χ4v) is 2.15. The molecule has 1 amide bonds. The van der Waals surface area contributed by atoms with Crippen LogP contribution in [-0.4, -0.2) is 17.4 Å². The largest absolute Gasteiger partial charge is 0.446 e. The lowest BCUT2D eigenvalue weighted by atomic mass is 10.0. The van der Waals surface area contributed by atoms with Gasteiger partial charge < -0.3 is 15.5 Å². The standard InChI is InChI=1S/C17H22FN3O2/c1-3-11(2)15(19)17-21-14(10-23-17)16(22)20-8-7-12-5-4-6-13(18)9-12/h4-6,9-11,15H,3,7-8,19H2,1-2H3,(H,20,22). The molecule has 3 N–H and O–H groups in total. The number of nitrogens with zero attached hydrogens (tertiary/aromatic N) is 1. The van der Waals surface area contributed by atoms with E-state index < -0.39 is 0 Å². The molecule has 0 radical (unpaired) electrons. The second-order valence-electron chi connectivity index (χ2n) is 5.62. The van der Waals surface area contributed by atoms with Gasteiger partial charge in [0.25, 0.3) is 5.91 Å². The molecule has 5 nitrogen and oxygen atoms in total. The van der Waals surface area contributed by atoms with E-state index >= 15 is 0 Å². The smallest absolute Gasteiger partial charge is 0.273 e. The minimum Gasteiger partial charge on any atom is -0.446 e. The topological polar surface area (TPSA) is 81.1 Å². The first-order valence-corrected chi connectivity index (χ1v) is 7.75. The number of aromatic nitrogens is 1. The average Bonchev–Trinajstić information content (AvgIpc) is 3.03. The van der Waals surface area contributed by atoms with Gasteiger partial charge in [-0.25, -0.2) is 9.37 Å². The fraction of sp³-hybridized carbons (Fsp3) is 0.412. The van der Waals surface area contributed by atoms with Crippen molar-refractivity contribution in [2.45, 2.75) is 32.7 Å². The van der Waals surface area contributed by atoms with Crippen molar-refractivity contribution >= 4 is 5.91 Å². The van der Waals surface area contributed by atoms with E-state index in [0.29, 0.717) is 18.9 Å². The number of amides is 1. The highest BCUT2D eigenvalue weighted by Crippen LogP contribution is 2.21. The Kier molecular flexibility index (Phi) is 5.87. The van der Waals surface area contributed by atoms with Crippen LogP contribution in [0.4, 0.5) is 4.39 Å². The SMILES string of the molecule is CCC(C)C(N)c1nc(C(=O)NCCc2cccc(F)c2)co1. The third-order valence-electron chi connectivity index (χ3n) is 3.89. The molecule has 6 heteroatoms. The molecule has 0 aliphatic heterocycles. The van der Waals surface area contributed by atoms with Crippen LogP contribution in [0.25, 0.3) is 0 Å². The summed E-state index contributed by atoms with van der Waals surface area (Å²) in [6.45, 7) is 4.43. The number of carbonyl (C=O) groups is 1. The van der Waals surface area contributed by atoms with Gasteiger partial charge in [-0.15, -0.1) is 0 Å². The molecule has 0 aliphatic rings. The highest BCUT2D eigenvalue weighted by atomic mass is 19.1. The number of rotatable bonds is 7. The van der Waals surface area contributed by atoms with Gasteiger partial charge >= 0.3 is 0 Å². The zero-order chi connectivity index (χ0) is 16.8. The molecule has 2 rings (SSSR count). The Hall–Kier alpha value is -2.21. The number of nitrogens with two attached hydrogens (primary N) is 1. The maximum Gasteiger partial charge on any atom is 0.273 e. The zero-order valence-corrected chi connectivity index (χ0v) is 13.4. The summed E-state index contributed by atoms with van der Waals surface area (Å²) in [5, 5.41) is 2.74. The van der Waals surface area contributed by atoms with Gasteiger partial charge in [-0.3, -0.25) is 4.79 Å². The van der Waals surface area contributed by atoms with E-state index in [1.165, 1.54) is 18.4 Å². The number of halogens is 1. The summed E-state index contributed by atoms with van der Waals surface area (Å²) >= 11 is 0. The molecule has 1 aromatic heterocycles. The molecule has 0 saturated heterocycles. The van der Waals surface area contributed by atoms with Crippen LogP contribution in [-0.2, 0) is 6.42 Å². The average molecular weight is 319 g/mol. The number of carbonyl (C=O) groups excluding carboxylic acids is 1. The number of hydrogen-bond donors (Lipinski definition) is 2. The fourth-order valence-electron chi connectivity index (χ4n) is 2.15. The monoisotopic (exact) mass is 319 g/mol. The van der Waals surface area contributed by atoms with E-state index in [0.717, 1.165) is 12.0 Å². The number of nitrogens with one attached hydrogen (secondary N) is 1. The molecule has 1 aromatic carbocycles. The highest BCUT2D eigenvalue weighted by molar-refractivity contribution is 5.91. The maximum absolute atomic E-state index is 13.1. The summed E-state index contributed by atoms with van der Waals surface area (Å²) in [6.07, 6.45) is 2.76. The summed E-state index contributed by atoms with van der Waals surface area (Å²) < 4.78 is 18.4. The Balaban J connectivity index is 1.88. The van der Waals surface area contributed by atoms with Gasteiger partial charge in [-0.1, -0.05) is 32.4 Å². The zero-order valence-electron chi connectivity index (χ0n) is 13.4. The minimum absolute atomic E-state index is 0.206. The molecule has 2 atom stereocenters. The lowest BCUT2D eigenvalue weighted by molar-refractivity contribution is 0.0949. The molecule has 0 spiro atoms. The van der Waals surface area contributed by atoms with Gasteiger partial charge in [0.05, 0.1) is 6.04 Å². The second kappa shape index (κ2) is 7.87. The predicted molar refractivity (Wildman–Crippen MR) is 85.3 cm³/mol. The van der Waals surface area contributed by atoms with Crippen LogP contribution in [0.15, 0.2) is 34.9 Å². The van der Waals surface area contributed by atoms with E-state index in [-0.39, 0.29) is 29.4 Å². The molecule has 2 unspecified atom stereocenters. The Morgan fingerprint density at radius 1 is 1.48 bits per heavy atom. The van der Waals surface area contributed by atoms with Crippen molar-refractivity contribution in [3.05, 3.63) is 53.5 Å². The Bertz CT molecular complexity index is 657. The van der Waals surface area contributed by atoms with E-state index in [1.54, 1.807) is 6.07 Å². The van der Waals surface area contributed by atoms with Crippen LogP contribution >= 0.6 is 0 Å². The van der Waals surface area contributed by atoms with E-state index in [9.17, 15) is 9.18 Å². The lowest BCUT2D eigenvalue weighted by Gasteiger charge is -2.13. The predicted octanol–water partition coefficient (Wildman–Crippen LogP) is 2.83. The van der Waals surface area contributed by atoms with Gasteiger partial charge in [-0.05, 0) is 30.0 Å². The Morgan fingerprint density at radius 2 is 2.26 bits per heavy atom. The Morgan fingerprint density at radius 3 is 2.96 bits per heavy atom. The highest BCUT2D eigenvalue weighted by Gasteiger charge is 2.20. The number of benzene rings is 1. The van der Waals surface area contributed by atoms with Gasteiger partial charge in [0, 0.05) is 6.54 Å². The Labute approximate surface area is 135 Å². The van der Waals surface area contributed by atoms with E-state index in [2.05, 4.69) is 10.3 Å². The molecule has 0 saturated carbocycles. The van der Waals surface area contributed by atoms with Crippen LogP contribution in [0, 0.1) is 11.7 Å². The van der Waals surface area contributed by atoms with Crippen molar-refractivity contribution in [2.75, 3.05) is 6.54 Å². The van der Waals surface area contributed by atoms with Gasteiger partial charge in [0.2, 0.25) is 5.89 Å². The van der Waals surface area contributed by atoms with Crippen LogP contribution in [0.1, 0.15) is 48.3 Å². The third-order valence-corrected chi connectivity index (χ3v) is 3.89. The first-order chi connectivity index (χ1) is 11.0. The molecule has 23 heavy (non-hydrogen) atoms. The minimum atomic E-state index is -0.326. The van der Waals surface area contributed by atoms with E-state index in [4.69, 9.17) is 10.2 Å². The van der Waals surface area contributed by atoms with Gasteiger partial charge in [0.1, 0.15) is 12.1 Å². The molecule has 124 valence electrons. The molecule has 0 bridgehead atoms. The molecule has 0 aliphatic carbocycles. The number of oxazole rings is 1. The molecule has 2 aromatic rings. The van der Waals surface area contributed by atoms with Crippen LogP contribution in [0.3, 0.4) is 0 Å². The molecular formula is C17H22FN3O2. The lowest BCUT2D eigenvalue weighted by Crippen LogP contribution is -2.26. The first kappa shape index (κ1) is 17.1. The van der Waals surface area contributed by atoms with Crippen molar-refractivity contribution in [3.8, 4) is 0 Å². The first-order valence-electron chi connectivity index (χ1n) is 7.75. The van der Waals surface area contributed by atoms with Crippen LogP contribution < -0.4 is 11.1 Å². The maximum atomic E-state index is 13.1. The van der Waals surface area contributed by atoms with Crippen molar-refractivity contribution in [3.63, 3.8) is 0 Å². The summed E-state index contributed by atoms with van der Waals surface area (Å²) in [4.78, 5) is 16.2. The van der Waals surface area contributed by atoms with Crippen LogP contribution in [0.5, 0.6) is 0 Å². The quantitative estimate of drug-likeness (QED) is 0.822. The molecular weight excluding hydrogens is 297 g/mol. The van der Waals surface area contributed by atoms with E-state index in [1.807, 2.05) is 19.9 Å². The van der Waals surface area contributed by atoms with Crippen molar-refractivity contribution in [2.24, 2.45) is 11.7 Å². The summed E-state index contributed by atoms with van der Waals surface area (Å²) in [5.74, 6) is -0.0195. The van der Waals surface area contributed by atoms with Crippen molar-refractivity contribution < 1.29 is 13.6 Å². The summed E-state index contributed by atoms with van der Waals surface area (Å²) in [6, 6.07) is 5.97. The second-order valence-corrected chi connectivity index (χ2v) is 5.62. The van der Waals surface area contributed by atoms with Crippen molar-refractivity contribution in [1.29, 1.82) is 0 Å². The third kappa shape index (κ3) is 4.63. The van der Waals surface area contributed by atoms with Gasteiger partial charge in [-0.2, -0.15) is 0 Å². The molecule has 0 fully saturated rings.